The lowest BCUT2D eigenvalue weighted by atomic mass is 9.96. The fourth-order valence-corrected chi connectivity index (χ4v) is 2.05. The summed E-state index contributed by atoms with van der Waals surface area (Å²) >= 11 is 3.42. The van der Waals surface area contributed by atoms with Crippen molar-refractivity contribution in [3.8, 4) is 0 Å². The van der Waals surface area contributed by atoms with Gasteiger partial charge in [0.15, 0.2) is 6.29 Å². The molecule has 0 spiro atoms. The number of methoxy groups -OCH3 is 2. The lowest BCUT2D eigenvalue weighted by Crippen LogP contribution is -2.50. The van der Waals surface area contributed by atoms with E-state index in [0.29, 0.717) is 6.42 Å². The third-order valence-electron chi connectivity index (χ3n) is 2.93. The second-order valence-corrected chi connectivity index (χ2v) is 5.26. The summed E-state index contributed by atoms with van der Waals surface area (Å²) in [5.41, 5.74) is 5.31. The van der Waals surface area contributed by atoms with Crippen LogP contribution >= 0.6 is 15.9 Å². The Balaban J connectivity index is 2.94. The van der Waals surface area contributed by atoms with Crippen molar-refractivity contribution >= 4 is 27.5 Å². The van der Waals surface area contributed by atoms with Gasteiger partial charge < -0.3 is 20.5 Å². The molecule has 0 saturated carbocycles. The summed E-state index contributed by atoms with van der Waals surface area (Å²) < 4.78 is 11.1. The Kier molecular flexibility index (Phi) is 5.78. The highest BCUT2D eigenvalue weighted by molar-refractivity contribution is 9.10. The Morgan fingerprint density at radius 3 is 2.47 bits per heavy atom. The van der Waals surface area contributed by atoms with Gasteiger partial charge in [-0.3, -0.25) is 4.79 Å². The second-order valence-electron chi connectivity index (χ2n) is 4.41. The number of carbonyl (C=O) groups excluding carboxylic acids is 1. The highest BCUT2D eigenvalue weighted by Gasteiger charge is 2.34. The molecule has 0 aromatic heterocycles. The molecular formula is C13H19BrN2O3. The zero-order valence-corrected chi connectivity index (χ0v) is 12.9. The van der Waals surface area contributed by atoms with E-state index < -0.39 is 17.7 Å². The number of anilines is 1. The number of halogens is 1. The van der Waals surface area contributed by atoms with Gasteiger partial charge in [-0.15, -0.1) is 0 Å². The predicted octanol–water partition coefficient (Wildman–Crippen LogP) is 2.11. The van der Waals surface area contributed by atoms with E-state index in [2.05, 4.69) is 21.2 Å². The van der Waals surface area contributed by atoms with Crippen LogP contribution in [-0.2, 0) is 14.3 Å². The second kappa shape index (κ2) is 6.88. The Morgan fingerprint density at radius 2 is 2.00 bits per heavy atom. The van der Waals surface area contributed by atoms with Crippen molar-refractivity contribution in [2.45, 2.75) is 25.2 Å². The number of primary amides is 1. The summed E-state index contributed by atoms with van der Waals surface area (Å²) in [5.74, 6) is -0.470. The van der Waals surface area contributed by atoms with Crippen LogP contribution in [0.15, 0.2) is 28.7 Å². The fourth-order valence-electron chi connectivity index (χ4n) is 1.67. The van der Waals surface area contributed by atoms with Crippen molar-refractivity contribution in [1.29, 1.82) is 0 Å². The van der Waals surface area contributed by atoms with Crippen LogP contribution in [0.5, 0.6) is 0 Å². The van der Waals surface area contributed by atoms with Crippen LogP contribution in [0.1, 0.15) is 13.3 Å². The molecule has 106 valence electrons. The van der Waals surface area contributed by atoms with Gasteiger partial charge in [-0.05, 0) is 35.0 Å². The van der Waals surface area contributed by atoms with E-state index in [-0.39, 0.29) is 0 Å². The molecule has 5 nitrogen and oxygen atoms in total. The maximum atomic E-state index is 11.7. The van der Waals surface area contributed by atoms with Crippen molar-refractivity contribution in [2.75, 3.05) is 19.5 Å². The number of amides is 1. The quantitative estimate of drug-likeness (QED) is 0.751. The van der Waals surface area contributed by atoms with Crippen molar-refractivity contribution in [1.82, 2.24) is 0 Å². The third-order valence-corrected chi connectivity index (χ3v) is 3.62. The molecule has 0 saturated heterocycles. The first-order valence-corrected chi connectivity index (χ1v) is 6.60. The molecule has 1 rings (SSSR count). The van der Waals surface area contributed by atoms with Gasteiger partial charge in [-0.2, -0.15) is 0 Å². The summed E-state index contributed by atoms with van der Waals surface area (Å²) in [6.45, 7) is 1.72. The minimum Gasteiger partial charge on any atom is -0.370 e. The van der Waals surface area contributed by atoms with E-state index in [9.17, 15) is 4.79 Å². The molecular weight excluding hydrogens is 312 g/mol. The Morgan fingerprint density at radius 1 is 1.42 bits per heavy atom. The molecule has 19 heavy (non-hydrogen) atoms. The van der Waals surface area contributed by atoms with E-state index in [4.69, 9.17) is 15.2 Å². The zero-order valence-electron chi connectivity index (χ0n) is 11.3. The van der Waals surface area contributed by atoms with Gasteiger partial charge in [0, 0.05) is 30.8 Å². The Hall–Kier alpha value is -1.11. The van der Waals surface area contributed by atoms with E-state index in [1.807, 2.05) is 24.3 Å². The number of benzene rings is 1. The van der Waals surface area contributed by atoms with E-state index >= 15 is 0 Å². The van der Waals surface area contributed by atoms with Gasteiger partial charge in [-0.1, -0.05) is 12.1 Å². The first-order chi connectivity index (χ1) is 8.92. The number of hydrogen-bond acceptors (Lipinski definition) is 4. The average Bonchev–Trinajstić information content (AvgIpc) is 2.38. The van der Waals surface area contributed by atoms with Gasteiger partial charge in [0.05, 0.1) is 0 Å². The van der Waals surface area contributed by atoms with Crippen LogP contribution in [0.25, 0.3) is 0 Å². The molecule has 3 N–H and O–H groups in total. The molecule has 0 bridgehead atoms. The van der Waals surface area contributed by atoms with Gasteiger partial charge >= 0.3 is 0 Å². The SMILES string of the molecule is COC(CC(C)(Nc1ccccc1Br)C(N)=O)OC. The van der Waals surface area contributed by atoms with Crippen molar-refractivity contribution in [2.24, 2.45) is 5.73 Å². The van der Waals surface area contributed by atoms with Crippen molar-refractivity contribution in [3.63, 3.8) is 0 Å². The average molecular weight is 331 g/mol. The summed E-state index contributed by atoms with van der Waals surface area (Å²) in [6.07, 6.45) is -0.205. The number of ether oxygens (including phenoxy) is 2. The van der Waals surface area contributed by atoms with E-state index in [1.165, 1.54) is 14.2 Å². The molecule has 1 unspecified atom stereocenters. The summed E-state index contributed by atoms with van der Waals surface area (Å²) in [5, 5.41) is 3.14. The smallest absolute Gasteiger partial charge is 0.243 e. The van der Waals surface area contributed by atoms with Gasteiger partial charge in [0.25, 0.3) is 0 Å². The number of carbonyl (C=O) groups is 1. The molecule has 0 aliphatic carbocycles. The molecule has 1 amide bonds. The molecule has 1 aromatic rings. The number of nitrogens with two attached hydrogens (primary N) is 1. The molecule has 0 radical (unpaired) electrons. The number of rotatable bonds is 7. The first kappa shape index (κ1) is 15.9. The molecule has 0 aliphatic heterocycles. The molecule has 1 aromatic carbocycles. The summed E-state index contributed by atoms with van der Waals surface area (Å²) in [4.78, 5) is 11.7. The summed E-state index contributed by atoms with van der Waals surface area (Å²) in [7, 11) is 3.04. The molecule has 0 aliphatic rings. The van der Waals surface area contributed by atoms with Crippen LogP contribution in [0.2, 0.25) is 0 Å². The third kappa shape index (κ3) is 4.19. The molecule has 0 fully saturated rings. The zero-order chi connectivity index (χ0) is 14.5. The van der Waals surface area contributed by atoms with Crippen molar-refractivity contribution < 1.29 is 14.3 Å². The van der Waals surface area contributed by atoms with Crippen LogP contribution in [0, 0.1) is 0 Å². The predicted molar refractivity (Wildman–Crippen MR) is 77.8 cm³/mol. The minimum absolute atomic E-state index is 0.302. The van der Waals surface area contributed by atoms with Crippen LogP contribution < -0.4 is 11.1 Å². The molecule has 6 heteroatoms. The van der Waals surface area contributed by atoms with Crippen LogP contribution in [-0.4, -0.2) is 32.0 Å². The van der Waals surface area contributed by atoms with Gasteiger partial charge in [0.1, 0.15) is 5.54 Å². The number of hydrogen-bond donors (Lipinski definition) is 2. The largest absolute Gasteiger partial charge is 0.370 e. The van der Waals surface area contributed by atoms with Gasteiger partial charge in [0.2, 0.25) is 5.91 Å². The fraction of sp³-hybridized carbons (Fsp3) is 0.462. The number of para-hydroxylation sites is 1. The number of nitrogens with one attached hydrogen (secondary N) is 1. The van der Waals surface area contributed by atoms with Gasteiger partial charge in [-0.25, -0.2) is 0 Å². The first-order valence-electron chi connectivity index (χ1n) is 5.81. The standard InChI is InChI=1S/C13H19BrN2O3/c1-13(12(15)17,8-11(18-2)19-3)16-10-7-5-4-6-9(10)14/h4-7,11,16H,8H2,1-3H3,(H2,15,17). The van der Waals surface area contributed by atoms with E-state index in [0.717, 1.165) is 10.2 Å². The lowest BCUT2D eigenvalue weighted by molar-refractivity contribution is -0.134. The maximum Gasteiger partial charge on any atom is 0.243 e. The van der Waals surface area contributed by atoms with Crippen LogP contribution in [0.4, 0.5) is 5.69 Å². The Labute approximate surface area is 121 Å². The normalized spacial score (nSPS) is 14.2. The Bertz CT molecular complexity index is 438. The monoisotopic (exact) mass is 330 g/mol. The molecule has 0 heterocycles. The summed E-state index contributed by atoms with van der Waals surface area (Å²) in [6, 6.07) is 7.51. The minimum atomic E-state index is -0.972. The maximum absolute atomic E-state index is 11.7. The van der Waals surface area contributed by atoms with Crippen molar-refractivity contribution in [3.05, 3.63) is 28.7 Å². The van der Waals surface area contributed by atoms with E-state index in [1.54, 1.807) is 6.92 Å². The molecule has 1 atom stereocenters. The topological polar surface area (TPSA) is 73.6 Å². The lowest BCUT2D eigenvalue weighted by Gasteiger charge is -2.31. The highest BCUT2D eigenvalue weighted by Crippen LogP contribution is 2.27. The highest BCUT2D eigenvalue weighted by atomic mass is 79.9. The van der Waals surface area contributed by atoms with Crippen LogP contribution in [0.3, 0.4) is 0 Å².